The minimum atomic E-state index is 0.0694. The van der Waals surface area contributed by atoms with Crippen molar-refractivity contribution >= 4 is 34.6 Å². The van der Waals surface area contributed by atoms with E-state index in [0.29, 0.717) is 0 Å². The van der Waals surface area contributed by atoms with Crippen molar-refractivity contribution < 1.29 is 9.59 Å². The average molecular weight is 489 g/mol. The van der Waals surface area contributed by atoms with Crippen LogP contribution in [-0.4, -0.2) is 52.1 Å². The molecule has 0 aromatic heterocycles. The van der Waals surface area contributed by atoms with Crippen LogP contribution < -0.4 is 19.6 Å². The SMILES string of the molecule is Cc1cc2c(cc1N1CCN(c3cc4c(cc3C)N(C)C(=O)C(C)CC4)CC1)CCC(C)C(=O)N2C. The second-order valence-electron chi connectivity index (χ2n) is 11.2. The summed E-state index contributed by atoms with van der Waals surface area (Å²) in [7, 11) is 3.83. The van der Waals surface area contributed by atoms with Gasteiger partial charge in [0.2, 0.25) is 11.8 Å². The Morgan fingerprint density at radius 3 is 1.33 bits per heavy atom. The number of hydrogen-bond acceptors (Lipinski definition) is 4. The second kappa shape index (κ2) is 9.45. The molecule has 6 nitrogen and oxygen atoms in total. The zero-order chi connectivity index (χ0) is 25.7. The molecule has 5 rings (SSSR count). The Balaban J connectivity index is 1.35. The fourth-order valence-electron chi connectivity index (χ4n) is 6.23. The van der Waals surface area contributed by atoms with Crippen LogP contribution in [0.1, 0.15) is 48.9 Å². The molecule has 2 amide bonds. The molecule has 3 aliphatic heterocycles. The fraction of sp³-hybridized carbons (Fsp3) is 0.533. The van der Waals surface area contributed by atoms with Gasteiger partial charge in [-0.05, 0) is 86.1 Å². The van der Waals surface area contributed by atoms with Crippen LogP contribution in [0.15, 0.2) is 24.3 Å². The highest BCUT2D eigenvalue weighted by molar-refractivity contribution is 5.97. The van der Waals surface area contributed by atoms with Crippen LogP contribution in [0, 0.1) is 25.7 Å². The smallest absolute Gasteiger partial charge is 0.229 e. The largest absolute Gasteiger partial charge is 0.368 e. The number of piperazine rings is 1. The number of fused-ring (bicyclic) bond motifs is 2. The van der Waals surface area contributed by atoms with E-state index in [4.69, 9.17) is 0 Å². The van der Waals surface area contributed by atoms with E-state index in [2.05, 4.69) is 47.9 Å². The highest BCUT2D eigenvalue weighted by Crippen LogP contribution is 2.37. The molecule has 2 unspecified atom stereocenters. The van der Waals surface area contributed by atoms with E-state index < -0.39 is 0 Å². The Morgan fingerprint density at radius 2 is 0.972 bits per heavy atom. The number of aryl methyl sites for hydroxylation is 4. The molecule has 0 saturated carbocycles. The van der Waals surface area contributed by atoms with Crippen LogP contribution in [0.4, 0.5) is 22.7 Å². The van der Waals surface area contributed by atoms with Gasteiger partial charge in [-0.15, -0.1) is 0 Å². The lowest BCUT2D eigenvalue weighted by Gasteiger charge is -2.39. The van der Waals surface area contributed by atoms with Gasteiger partial charge in [-0.1, -0.05) is 13.8 Å². The average Bonchev–Trinajstić information content (AvgIpc) is 3.04. The standard InChI is InChI=1S/C30H40N4O2/c1-19-7-9-23-17-25(21(3)15-27(23)31(5)29(19)35)33-11-13-34(14-12-33)26-18-24-10-8-20(2)30(36)32(6)28(24)16-22(26)4/h15-20H,7-14H2,1-6H3. The van der Waals surface area contributed by atoms with E-state index >= 15 is 0 Å². The molecule has 36 heavy (non-hydrogen) atoms. The summed E-state index contributed by atoms with van der Waals surface area (Å²) in [6.45, 7) is 12.3. The Morgan fingerprint density at radius 1 is 0.611 bits per heavy atom. The minimum Gasteiger partial charge on any atom is -0.368 e. The summed E-state index contributed by atoms with van der Waals surface area (Å²) >= 11 is 0. The van der Waals surface area contributed by atoms with Gasteiger partial charge in [0, 0.05) is 74.9 Å². The number of benzene rings is 2. The molecule has 6 heteroatoms. The molecule has 2 atom stereocenters. The van der Waals surface area contributed by atoms with Crippen LogP contribution in [-0.2, 0) is 22.4 Å². The van der Waals surface area contributed by atoms with Gasteiger partial charge in [0.05, 0.1) is 0 Å². The highest BCUT2D eigenvalue weighted by atomic mass is 16.2. The Bertz CT molecular complexity index is 1100. The van der Waals surface area contributed by atoms with Crippen LogP contribution in [0.5, 0.6) is 0 Å². The van der Waals surface area contributed by atoms with Gasteiger partial charge >= 0.3 is 0 Å². The summed E-state index contributed by atoms with van der Waals surface area (Å²) in [4.78, 5) is 34.0. The number of anilines is 4. The monoisotopic (exact) mass is 488 g/mol. The maximum atomic E-state index is 12.7. The molecule has 0 bridgehead atoms. The van der Waals surface area contributed by atoms with E-state index in [1.165, 1.54) is 33.6 Å². The molecule has 3 aliphatic rings. The quantitative estimate of drug-likeness (QED) is 0.614. The van der Waals surface area contributed by atoms with Crippen molar-refractivity contribution in [1.82, 2.24) is 0 Å². The van der Waals surface area contributed by atoms with Gasteiger partial charge in [-0.25, -0.2) is 0 Å². The first-order valence-electron chi connectivity index (χ1n) is 13.5. The van der Waals surface area contributed by atoms with E-state index in [1.807, 2.05) is 37.7 Å². The first-order chi connectivity index (χ1) is 17.2. The first kappa shape index (κ1) is 24.7. The van der Waals surface area contributed by atoms with E-state index in [9.17, 15) is 9.59 Å². The third kappa shape index (κ3) is 4.25. The third-order valence-corrected chi connectivity index (χ3v) is 8.68. The van der Waals surface area contributed by atoms with Gasteiger partial charge < -0.3 is 19.6 Å². The van der Waals surface area contributed by atoms with Gasteiger partial charge in [-0.3, -0.25) is 9.59 Å². The lowest BCUT2D eigenvalue weighted by Crippen LogP contribution is -2.47. The summed E-state index contributed by atoms with van der Waals surface area (Å²) in [6, 6.07) is 9.10. The molecular formula is C30H40N4O2. The first-order valence-corrected chi connectivity index (χ1v) is 13.5. The normalized spacial score (nSPS) is 22.8. The highest BCUT2D eigenvalue weighted by Gasteiger charge is 2.29. The number of rotatable bonds is 2. The number of hydrogen-bond donors (Lipinski definition) is 0. The van der Waals surface area contributed by atoms with E-state index in [0.717, 1.165) is 63.2 Å². The van der Waals surface area contributed by atoms with Gasteiger partial charge in [0.25, 0.3) is 0 Å². The molecule has 0 spiro atoms. The van der Waals surface area contributed by atoms with E-state index in [1.54, 1.807) is 0 Å². The maximum Gasteiger partial charge on any atom is 0.229 e. The summed E-state index contributed by atoms with van der Waals surface area (Å²) in [5.41, 5.74) is 9.79. The predicted octanol–water partition coefficient (Wildman–Crippen LogP) is 4.72. The number of amides is 2. The summed E-state index contributed by atoms with van der Waals surface area (Å²) in [5.74, 6) is 0.575. The zero-order valence-corrected chi connectivity index (χ0v) is 22.7. The lowest BCUT2D eigenvalue weighted by molar-refractivity contribution is -0.122. The fourth-order valence-corrected chi connectivity index (χ4v) is 6.23. The van der Waals surface area contributed by atoms with Crippen molar-refractivity contribution in [2.24, 2.45) is 11.8 Å². The van der Waals surface area contributed by atoms with Crippen molar-refractivity contribution in [2.75, 3.05) is 59.9 Å². The molecule has 0 N–H and O–H groups in total. The Kier molecular flexibility index (Phi) is 6.48. The van der Waals surface area contributed by atoms with Crippen molar-refractivity contribution in [3.63, 3.8) is 0 Å². The maximum absolute atomic E-state index is 12.7. The Labute approximate surface area is 215 Å². The molecular weight excluding hydrogens is 448 g/mol. The van der Waals surface area contributed by atoms with Gasteiger partial charge in [0.15, 0.2) is 0 Å². The molecule has 2 aromatic rings. The van der Waals surface area contributed by atoms with Crippen LogP contribution in [0.25, 0.3) is 0 Å². The molecule has 1 saturated heterocycles. The summed E-state index contributed by atoms with van der Waals surface area (Å²) in [5, 5.41) is 0. The van der Waals surface area contributed by atoms with Crippen molar-refractivity contribution in [3.8, 4) is 0 Å². The van der Waals surface area contributed by atoms with Crippen LogP contribution >= 0.6 is 0 Å². The topological polar surface area (TPSA) is 47.1 Å². The second-order valence-corrected chi connectivity index (χ2v) is 11.2. The minimum absolute atomic E-state index is 0.0694. The molecule has 2 aromatic carbocycles. The van der Waals surface area contributed by atoms with E-state index in [-0.39, 0.29) is 23.7 Å². The molecule has 3 heterocycles. The van der Waals surface area contributed by atoms with Crippen LogP contribution in [0.2, 0.25) is 0 Å². The number of carbonyl (C=O) groups is 2. The molecule has 0 radical (unpaired) electrons. The third-order valence-electron chi connectivity index (χ3n) is 8.68. The molecule has 1 fully saturated rings. The number of carbonyl (C=O) groups excluding carboxylic acids is 2. The van der Waals surface area contributed by atoms with Gasteiger partial charge in [-0.2, -0.15) is 0 Å². The van der Waals surface area contributed by atoms with Gasteiger partial charge in [0.1, 0.15) is 0 Å². The summed E-state index contributed by atoms with van der Waals surface area (Å²) < 4.78 is 0. The van der Waals surface area contributed by atoms with Crippen molar-refractivity contribution in [3.05, 3.63) is 46.5 Å². The molecule has 192 valence electrons. The van der Waals surface area contributed by atoms with Crippen molar-refractivity contribution in [1.29, 1.82) is 0 Å². The van der Waals surface area contributed by atoms with Crippen molar-refractivity contribution in [2.45, 2.75) is 53.4 Å². The summed E-state index contributed by atoms with van der Waals surface area (Å²) in [6.07, 6.45) is 3.71. The number of nitrogens with zero attached hydrogens (tertiary/aromatic N) is 4. The lowest BCUT2D eigenvalue weighted by atomic mass is 9.99. The predicted molar refractivity (Wildman–Crippen MR) is 149 cm³/mol. The van der Waals surface area contributed by atoms with Crippen LogP contribution in [0.3, 0.4) is 0 Å². The molecule has 0 aliphatic carbocycles. The zero-order valence-electron chi connectivity index (χ0n) is 22.7. The Hall–Kier alpha value is -3.02.